The Hall–Kier alpha value is -2.00. The number of hydrogen-bond acceptors (Lipinski definition) is 4. The van der Waals surface area contributed by atoms with Crippen LogP contribution >= 0.6 is 11.8 Å². The molecular weight excluding hydrogens is 391 g/mol. The Labute approximate surface area is 164 Å². The number of rotatable bonds is 2. The van der Waals surface area contributed by atoms with Crippen molar-refractivity contribution >= 4 is 22.6 Å². The Morgan fingerprint density at radius 1 is 1.29 bits per heavy atom. The molecule has 0 amide bonds. The number of aromatic nitrogens is 2. The normalized spacial score (nSPS) is 24.0. The Morgan fingerprint density at radius 3 is 2.75 bits per heavy atom. The molecule has 2 aliphatic rings. The monoisotopic (exact) mass is 411 g/mol. The molecule has 2 aliphatic heterocycles. The van der Waals surface area contributed by atoms with Crippen LogP contribution in [-0.4, -0.2) is 27.0 Å². The van der Waals surface area contributed by atoms with Crippen molar-refractivity contribution in [2.45, 2.75) is 50.5 Å². The number of hydrogen-bond donors (Lipinski definition) is 1. The van der Waals surface area contributed by atoms with Crippen molar-refractivity contribution in [3.8, 4) is 0 Å². The summed E-state index contributed by atoms with van der Waals surface area (Å²) in [6.07, 6.45) is 1.38. The van der Waals surface area contributed by atoms with Gasteiger partial charge in [0.1, 0.15) is 0 Å². The van der Waals surface area contributed by atoms with Gasteiger partial charge in [0.15, 0.2) is 23.3 Å². The molecule has 28 heavy (non-hydrogen) atoms. The van der Waals surface area contributed by atoms with E-state index in [0.29, 0.717) is 30.3 Å². The Kier molecular flexibility index (Phi) is 4.70. The van der Waals surface area contributed by atoms with E-state index in [0.717, 1.165) is 17.8 Å². The molecular formula is C19H20F3N3O2S. The zero-order valence-electron chi connectivity index (χ0n) is 15.7. The van der Waals surface area contributed by atoms with Gasteiger partial charge in [0, 0.05) is 12.2 Å². The molecule has 0 radical (unpaired) electrons. The third-order valence-electron chi connectivity index (χ3n) is 5.13. The largest absolute Gasteiger partial charge is 0.375 e. The van der Waals surface area contributed by atoms with E-state index in [9.17, 15) is 18.0 Å². The number of fused-ring (bicyclic) bond motifs is 1. The fourth-order valence-corrected chi connectivity index (χ4v) is 4.98. The molecule has 0 saturated carbocycles. The van der Waals surface area contributed by atoms with Gasteiger partial charge in [0.25, 0.3) is 5.56 Å². The number of halogens is 3. The van der Waals surface area contributed by atoms with Gasteiger partial charge in [-0.15, -0.1) is 0 Å². The molecule has 150 valence electrons. The average molecular weight is 411 g/mol. The van der Waals surface area contributed by atoms with Crippen LogP contribution in [0.4, 0.5) is 19.0 Å². The predicted molar refractivity (Wildman–Crippen MR) is 102 cm³/mol. The van der Waals surface area contributed by atoms with Crippen LogP contribution < -0.4 is 5.56 Å². The minimum Gasteiger partial charge on any atom is -0.375 e. The standard InChI is InChI=1S/C19H20F3N3O2S/c1-9-23-17-13(16(28-9)11-4-5-12(20)15(22)14(11)21)18(26)24-25(17)10-6-7-27-19(2,3)8-10/h4-5,10,16H,6-8H2,1-3H3,(H,24,26). The van der Waals surface area contributed by atoms with Crippen LogP contribution in [0.25, 0.3) is 0 Å². The molecule has 2 atom stereocenters. The number of nitrogens with one attached hydrogen (secondary N) is 1. The second kappa shape index (κ2) is 6.81. The van der Waals surface area contributed by atoms with Gasteiger partial charge in [-0.2, -0.15) is 0 Å². The van der Waals surface area contributed by atoms with Crippen LogP contribution in [-0.2, 0) is 4.74 Å². The van der Waals surface area contributed by atoms with Crippen LogP contribution in [0, 0.1) is 17.5 Å². The minimum absolute atomic E-state index is 0.0321. The predicted octanol–water partition coefficient (Wildman–Crippen LogP) is 4.61. The summed E-state index contributed by atoms with van der Waals surface area (Å²) in [5.41, 5.74) is -0.568. The molecule has 0 spiro atoms. The van der Waals surface area contributed by atoms with Crippen molar-refractivity contribution in [2.75, 3.05) is 6.61 Å². The smallest absolute Gasteiger partial charge is 0.271 e. The third-order valence-corrected chi connectivity index (χ3v) is 6.29. The molecule has 1 N–H and O–H groups in total. The molecule has 1 saturated heterocycles. The lowest BCUT2D eigenvalue weighted by Gasteiger charge is -2.36. The zero-order chi connectivity index (χ0) is 20.2. The maximum Gasteiger partial charge on any atom is 0.271 e. The number of nitrogens with zero attached hydrogens (tertiary/aromatic N) is 2. The molecule has 9 heteroatoms. The first kappa shape index (κ1) is 19.3. The van der Waals surface area contributed by atoms with Crippen molar-refractivity contribution < 1.29 is 17.9 Å². The van der Waals surface area contributed by atoms with E-state index in [4.69, 9.17) is 4.74 Å². The Morgan fingerprint density at radius 2 is 2.04 bits per heavy atom. The average Bonchev–Trinajstić information content (AvgIpc) is 2.95. The lowest BCUT2D eigenvalue weighted by Crippen LogP contribution is -2.35. The highest BCUT2D eigenvalue weighted by Gasteiger charge is 2.37. The van der Waals surface area contributed by atoms with E-state index in [1.807, 2.05) is 13.8 Å². The van der Waals surface area contributed by atoms with Crippen LogP contribution in [0.2, 0.25) is 0 Å². The van der Waals surface area contributed by atoms with Crippen LogP contribution in [0.1, 0.15) is 56.0 Å². The van der Waals surface area contributed by atoms with E-state index < -0.39 is 28.3 Å². The summed E-state index contributed by atoms with van der Waals surface area (Å²) >= 11 is 1.15. The molecule has 4 rings (SSSR count). The molecule has 1 aromatic carbocycles. The molecule has 3 heterocycles. The van der Waals surface area contributed by atoms with E-state index in [-0.39, 0.29) is 22.8 Å². The lowest BCUT2D eigenvalue weighted by molar-refractivity contribution is -0.0705. The molecule has 0 bridgehead atoms. The number of thioether (sulfide) groups is 1. The first-order valence-corrected chi connectivity index (χ1v) is 9.89. The maximum atomic E-state index is 14.5. The van der Waals surface area contributed by atoms with E-state index >= 15 is 0 Å². The molecule has 1 fully saturated rings. The molecule has 0 aliphatic carbocycles. The van der Waals surface area contributed by atoms with Gasteiger partial charge in [-0.25, -0.2) is 18.2 Å². The summed E-state index contributed by atoms with van der Waals surface area (Å²) < 4.78 is 49.1. The van der Waals surface area contributed by atoms with Crippen LogP contribution in [0.3, 0.4) is 0 Å². The van der Waals surface area contributed by atoms with Crippen LogP contribution in [0.15, 0.2) is 21.9 Å². The van der Waals surface area contributed by atoms with Gasteiger partial charge in [-0.1, -0.05) is 17.8 Å². The van der Waals surface area contributed by atoms with Crippen molar-refractivity contribution in [1.82, 2.24) is 9.78 Å². The SMILES string of the molecule is CC1=Nc2c(c(=O)[nH]n2C2CCOC(C)(C)C2)C(c2ccc(F)c(F)c2F)S1. The summed E-state index contributed by atoms with van der Waals surface area (Å²) in [4.78, 5) is 17.3. The zero-order valence-corrected chi connectivity index (χ0v) is 16.5. The summed E-state index contributed by atoms with van der Waals surface area (Å²) in [5.74, 6) is -3.67. The van der Waals surface area contributed by atoms with Gasteiger partial charge >= 0.3 is 0 Å². The number of H-pyrrole nitrogens is 1. The van der Waals surface area contributed by atoms with Gasteiger partial charge < -0.3 is 4.74 Å². The Balaban J connectivity index is 1.83. The molecule has 2 aromatic rings. The van der Waals surface area contributed by atoms with Gasteiger partial charge in [-0.05, 0) is 39.7 Å². The minimum atomic E-state index is -1.54. The first-order valence-electron chi connectivity index (χ1n) is 9.01. The summed E-state index contributed by atoms with van der Waals surface area (Å²) in [6.45, 7) is 6.26. The van der Waals surface area contributed by atoms with E-state index in [1.54, 1.807) is 11.6 Å². The number of benzene rings is 1. The van der Waals surface area contributed by atoms with Gasteiger partial charge in [-0.3, -0.25) is 14.6 Å². The highest BCUT2D eigenvalue weighted by Crippen LogP contribution is 2.46. The fourth-order valence-electron chi connectivity index (χ4n) is 3.86. The molecule has 1 aromatic heterocycles. The lowest BCUT2D eigenvalue weighted by atomic mass is 9.94. The summed E-state index contributed by atoms with van der Waals surface area (Å²) in [5, 5.41) is 2.63. The highest BCUT2D eigenvalue weighted by atomic mass is 32.2. The summed E-state index contributed by atoms with van der Waals surface area (Å²) in [7, 11) is 0. The highest BCUT2D eigenvalue weighted by molar-refractivity contribution is 8.14. The topological polar surface area (TPSA) is 59.4 Å². The van der Waals surface area contributed by atoms with E-state index in [1.165, 1.54) is 6.07 Å². The van der Waals surface area contributed by atoms with Gasteiger partial charge in [0.2, 0.25) is 0 Å². The number of aromatic amines is 1. The quantitative estimate of drug-likeness (QED) is 0.735. The first-order chi connectivity index (χ1) is 13.2. The molecule has 2 unspecified atom stereocenters. The second-order valence-corrected chi connectivity index (χ2v) is 8.99. The van der Waals surface area contributed by atoms with Gasteiger partial charge in [0.05, 0.1) is 27.5 Å². The van der Waals surface area contributed by atoms with E-state index in [2.05, 4.69) is 10.1 Å². The Bertz CT molecular complexity index is 1030. The van der Waals surface area contributed by atoms with Crippen molar-refractivity contribution in [3.63, 3.8) is 0 Å². The number of ether oxygens (including phenoxy) is 1. The van der Waals surface area contributed by atoms with Crippen molar-refractivity contribution in [1.29, 1.82) is 0 Å². The van der Waals surface area contributed by atoms with Crippen molar-refractivity contribution in [2.24, 2.45) is 4.99 Å². The number of aliphatic imine (C=N–C) groups is 1. The summed E-state index contributed by atoms with van der Waals surface area (Å²) in [6, 6.07) is 2.03. The van der Waals surface area contributed by atoms with Crippen LogP contribution in [0.5, 0.6) is 0 Å². The second-order valence-electron chi connectivity index (χ2n) is 7.70. The molecule has 5 nitrogen and oxygen atoms in total. The van der Waals surface area contributed by atoms with Crippen molar-refractivity contribution in [3.05, 3.63) is 51.1 Å². The fraction of sp³-hybridized carbons (Fsp3) is 0.474. The maximum absolute atomic E-state index is 14.5. The third kappa shape index (κ3) is 3.20.